The highest BCUT2D eigenvalue weighted by molar-refractivity contribution is 6.04. The van der Waals surface area contributed by atoms with Gasteiger partial charge in [0.25, 0.3) is 11.8 Å². The van der Waals surface area contributed by atoms with E-state index < -0.39 is 6.10 Å². The van der Waals surface area contributed by atoms with Gasteiger partial charge in [-0.1, -0.05) is 38.1 Å². The monoisotopic (exact) mass is 368 g/mol. The maximum atomic E-state index is 12.7. The first-order chi connectivity index (χ1) is 12.9. The lowest BCUT2D eigenvalue weighted by molar-refractivity contribution is -0.122. The molecular weight excluding hydrogens is 340 g/mol. The molecule has 5 heteroatoms. The zero-order chi connectivity index (χ0) is 19.8. The van der Waals surface area contributed by atoms with Crippen molar-refractivity contribution in [2.75, 3.05) is 5.32 Å². The van der Waals surface area contributed by atoms with Crippen molar-refractivity contribution in [3.63, 3.8) is 0 Å². The fraction of sp³-hybridized carbons (Fsp3) is 0.364. The van der Waals surface area contributed by atoms with Gasteiger partial charge in [-0.25, -0.2) is 0 Å². The summed E-state index contributed by atoms with van der Waals surface area (Å²) < 4.78 is 5.85. The number of nitrogens with one attached hydrogen (secondary N) is 2. The standard InChI is InChI=1S/C22H28N2O3/c1-5-16(4)23-21(25)18-12-7-8-13-19(18)24-22(26)20(6-2)27-17-11-9-10-15(3)14-17/h7-14,16,20H,5-6H2,1-4H3,(H,23,25)(H,24,26)/t16-,20+/m0/s1. The molecule has 27 heavy (non-hydrogen) atoms. The second-order valence-corrected chi connectivity index (χ2v) is 6.65. The predicted molar refractivity (Wildman–Crippen MR) is 108 cm³/mol. The van der Waals surface area contributed by atoms with Crippen molar-refractivity contribution in [1.82, 2.24) is 5.32 Å². The lowest BCUT2D eigenvalue weighted by Gasteiger charge is -2.19. The maximum absolute atomic E-state index is 12.7. The minimum atomic E-state index is -0.641. The number of hydrogen-bond donors (Lipinski definition) is 2. The molecule has 0 saturated heterocycles. The van der Waals surface area contributed by atoms with Crippen LogP contribution >= 0.6 is 0 Å². The van der Waals surface area contributed by atoms with E-state index in [0.717, 1.165) is 12.0 Å². The number of ether oxygens (including phenoxy) is 1. The van der Waals surface area contributed by atoms with E-state index >= 15 is 0 Å². The summed E-state index contributed by atoms with van der Waals surface area (Å²) in [6.07, 6.45) is 0.709. The van der Waals surface area contributed by atoms with Crippen LogP contribution in [0.2, 0.25) is 0 Å². The Kier molecular flexibility index (Phi) is 7.41. The minimum Gasteiger partial charge on any atom is -0.481 e. The summed E-state index contributed by atoms with van der Waals surface area (Å²) in [7, 11) is 0. The quantitative estimate of drug-likeness (QED) is 0.729. The van der Waals surface area contributed by atoms with E-state index in [1.54, 1.807) is 24.3 Å². The molecule has 5 nitrogen and oxygen atoms in total. The highest BCUT2D eigenvalue weighted by Gasteiger charge is 2.21. The van der Waals surface area contributed by atoms with E-state index in [4.69, 9.17) is 4.74 Å². The number of carbonyl (C=O) groups is 2. The van der Waals surface area contributed by atoms with Gasteiger partial charge in [0.1, 0.15) is 5.75 Å². The SMILES string of the molecule is CC[C@H](C)NC(=O)c1ccccc1NC(=O)[C@@H](CC)Oc1cccc(C)c1. The minimum absolute atomic E-state index is 0.0642. The molecule has 0 aromatic heterocycles. The zero-order valence-electron chi connectivity index (χ0n) is 16.4. The molecule has 0 spiro atoms. The van der Waals surface area contributed by atoms with Gasteiger partial charge in [0.15, 0.2) is 6.10 Å². The molecule has 2 aromatic rings. The molecule has 0 aliphatic heterocycles. The van der Waals surface area contributed by atoms with E-state index in [9.17, 15) is 9.59 Å². The number of carbonyl (C=O) groups excluding carboxylic acids is 2. The van der Waals surface area contributed by atoms with Crippen LogP contribution < -0.4 is 15.4 Å². The van der Waals surface area contributed by atoms with Crippen LogP contribution in [0.4, 0.5) is 5.69 Å². The third-order valence-electron chi connectivity index (χ3n) is 4.35. The topological polar surface area (TPSA) is 67.4 Å². The van der Waals surface area contributed by atoms with Crippen LogP contribution in [0, 0.1) is 6.92 Å². The molecule has 0 aliphatic rings. The molecule has 0 radical (unpaired) electrons. The van der Waals surface area contributed by atoms with E-state index in [0.29, 0.717) is 23.4 Å². The van der Waals surface area contributed by atoms with Gasteiger partial charge >= 0.3 is 0 Å². The number of rotatable bonds is 8. The summed E-state index contributed by atoms with van der Waals surface area (Å²) >= 11 is 0. The fourth-order valence-corrected chi connectivity index (χ4v) is 2.58. The number of anilines is 1. The van der Waals surface area contributed by atoms with Crippen LogP contribution in [0.3, 0.4) is 0 Å². The average molecular weight is 368 g/mol. The Morgan fingerprint density at radius 2 is 1.78 bits per heavy atom. The first-order valence-corrected chi connectivity index (χ1v) is 9.38. The Bertz CT molecular complexity index is 789. The molecule has 0 unspecified atom stereocenters. The average Bonchev–Trinajstić information content (AvgIpc) is 2.66. The first-order valence-electron chi connectivity index (χ1n) is 9.38. The van der Waals surface area contributed by atoms with Gasteiger partial charge in [-0.15, -0.1) is 0 Å². The van der Waals surface area contributed by atoms with Crippen molar-refractivity contribution in [3.8, 4) is 5.75 Å². The second-order valence-electron chi connectivity index (χ2n) is 6.65. The second kappa shape index (κ2) is 9.76. The van der Waals surface area contributed by atoms with Gasteiger partial charge < -0.3 is 15.4 Å². The maximum Gasteiger partial charge on any atom is 0.265 e. The van der Waals surface area contributed by atoms with Crippen LogP contribution in [0.15, 0.2) is 48.5 Å². The summed E-state index contributed by atoms with van der Waals surface area (Å²) in [5.41, 5.74) is 1.99. The van der Waals surface area contributed by atoms with Crippen molar-refractivity contribution in [2.24, 2.45) is 0 Å². The third kappa shape index (κ3) is 5.84. The molecule has 2 atom stereocenters. The summed E-state index contributed by atoms with van der Waals surface area (Å²) in [4.78, 5) is 25.2. The van der Waals surface area contributed by atoms with E-state index in [1.165, 1.54) is 0 Å². The van der Waals surface area contributed by atoms with Crippen molar-refractivity contribution in [2.45, 2.75) is 52.7 Å². The lowest BCUT2D eigenvalue weighted by atomic mass is 10.1. The summed E-state index contributed by atoms with van der Waals surface area (Å²) in [5.74, 6) is 0.176. The van der Waals surface area contributed by atoms with Crippen molar-refractivity contribution in [3.05, 3.63) is 59.7 Å². The van der Waals surface area contributed by atoms with Crippen LogP contribution in [-0.2, 0) is 4.79 Å². The smallest absolute Gasteiger partial charge is 0.265 e. The van der Waals surface area contributed by atoms with Crippen molar-refractivity contribution >= 4 is 17.5 Å². The Morgan fingerprint density at radius 3 is 2.44 bits per heavy atom. The normalized spacial score (nSPS) is 12.7. The molecule has 2 aromatic carbocycles. The molecule has 2 rings (SSSR count). The van der Waals surface area contributed by atoms with Crippen LogP contribution in [0.5, 0.6) is 5.75 Å². The van der Waals surface area contributed by atoms with Gasteiger partial charge in [0.05, 0.1) is 11.3 Å². The summed E-state index contributed by atoms with van der Waals surface area (Å²) in [6, 6.07) is 14.6. The highest BCUT2D eigenvalue weighted by atomic mass is 16.5. The molecule has 2 amide bonds. The van der Waals surface area contributed by atoms with Gasteiger partial charge in [-0.3, -0.25) is 9.59 Å². The molecule has 0 heterocycles. The molecule has 0 saturated carbocycles. The molecule has 0 bridgehead atoms. The highest BCUT2D eigenvalue weighted by Crippen LogP contribution is 2.19. The third-order valence-corrected chi connectivity index (χ3v) is 4.35. The fourth-order valence-electron chi connectivity index (χ4n) is 2.58. The molecular formula is C22H28N2O3. The van der Waals surface area contributed by atoms with E-state index in [2.05, 4.69) is 10.6 Å². The van der Waals surface area contributed by atoms with Crippen LogP contribution in [0.1, 0.15) is 49.5 Å². The van der Waals surface area contributed by atoms with E-state index in [-0.39, 0.29) is 17.9 Å². The Labute approximate surface area is 161 Å². The summed E-state index contributed by atoms with van der Waals surface area (Å²) in [5, 5.41) is 5.77. The number of amides is 2. The lowest BCUT2D eigenvalue weighted by Crippen LogP contribution is -2.35. The first kappa shape index (κ1) is 20.5. The predicted octanol–water partition coefficient (Wildman–Crippen LogP) is 4.32. The van der Waals surface area contributed by atoms with Crippen molar-refractivity contribution in [1.29, 1.82) is 0 Å². The van der Waals surface area contributed by atoms with Crippen LogP contribution in [-0.4, -0.2) is 24.0 Å². The Hall–Kier alpha value is -2.82. The molecule has 0 fully saturated rings. The van der Waals surface area contributed by atoms with Crippen molar-refractivity contribution < 1.29 is 14.3 Å². The number of hydrogen-bond acceptors (Lipinski definition) is 3. The number of para-hydroxylation sites is 1. The summed E-state index contributed by atoms with van der Waals surface area (Å²) in [6.45, 7) is 7.82. The Morgan fingerprint density at radius 1 is 1.04 bits per heavy atom. The van der Waals surface area contributed by atoms with Gasteiger partial charge in [0, 0.05) is 6.04 Å². The molecule has 144 valence electrons. The Balaban J connectivity index is 2.13. The largest absolute Gasteiger partial charge is 0.481 e. The number of aryl methyl sites for hydroxylation is 1. The molecule has 2 N–H and O–H groups in total. The van der Waals surface area contributed by atoms with Gasteiger partial charge in [0.2, 0.25) is 0 Å². The van der Waals surface area contributed by atoms with Crippen LogP contribution in [0.25, 0.3) is 0 Å². The zero-order valence-corrected chi connectivity index (χ0v) is 16.4. The van der Waals surface area contributed by atoms with Gasteiger partial charge in [-0.05, 0) is 56.5 Å². The van der Waals surface area contributed by atoms with E-state index in [1.807, 2.05) is 52.0 Å². The number of benzene rings is 2. The van der Waals surface area contributed by atoms with Gasteiger partial charge in [-0.2, -0.15) is 0 Å². The molecule has 0 aliphatic carbocycles.